The Hall–Kier alpha value is -4.40. The third-order valence-corrected chi connectivity index (χ3v) is 5.89. The van der Waals surface area contributed by atoms with Gasteiger partial charge in [0, 0.05) is 30.7 Å². The van der Waals surface area contributed by atoms with Gasteiger partial charge < -0.3 is 15.2 Å². The third kappa shape index (κ3) is 6.38. The maximum Gasteiger partial charge on any atom is 0.324 e. The number of carbonyl (C=O) groups is 2. The van der Waals surface area contributed by atoms with Gasteiger partial charge in [-0.3, -0.25) is 15.2 Å². The third-order valence-electron chi connectivity index (χ3n) is 5.89. The average Bonchev–Trinajstić information content (AvgIpc) is 3.44. The molecule has 3 amide bonds. The number of aromatic amines is 1. The van der Waals surface area contributed by atoms with Gasteiger partial charge in [0.25, 0.3) is 5.91 Å². The van der Waals surface area contributed by atoms with Crippen molar-refractivity contribution in [2.75, 3.05) is 17.2 Å². The van der Waals surface area contributed by atoms with E-state index in [4.69, 9.17) is 0 Å². The fraction of sp³-hybridized carbons (Fsp3) is 0.259. The molecule has 0 aliphatic rings. The number of hydrogen-bond acceptors (Lipinski definition) is 4. The molecule has 0 bridgehead atoms. The average molecular weight is 486 g/mol. The zero-order valence-electron chi connectivity index (χ0n) is 20.8. The van der Waals surface area contributed by atoms with Crippen LogP contribution in [0.1, 0.15) is 45.0 Å². The molecule has 2 aromatic carbocycles. The molecule has 4 aromatic rings. The quantitative estimate of drug-likeness (QED) is 0.260. The van der Waals surface area contributed by atoms with Crippen molar-refractivity contribution in [2.45, 2.75) is 40.2 Å². The second-order valence-corrected chi connectivity index (χ2v) is 8.84. The summed E-state index contributed by atoms with van der Waals surface area (Å²) in [6.07, 6.45) is 5.07. The maximum atomic E-state index is 13.0. The largest absolute Gasteiger partial charge is 0.349 e. The van der Waals surface area contributed by atoms with E-state index in [9.17, 15) is 9.59 Å². The zero-order chi connectivity index (χ0) is 25.5. The summed E-state index contributed by atoms with van der Waals surface area (Å²) in [6, 6.07) is 15.2. The number of amides is 3. The Morgan fingerprint density at radius 2 is 1.83 bits per heavy atom. The first-order valence-corrected chi connectivity index (χ1v) is 11.9. The van der Waals surface area contributed by atoms with E-state index in [2.05, 4.69) is 31.1 Å². The molecule has 36 heavy (non-hydrogen) atoms. The van der Waals surface area contributed by atoms with Crippen LogP contribution in [0.2, 0.25) is 0 Å². The number of rotatable bonds is 9. The summed E-state index contributed by atoms with van der Waals surface area (Å²) in [5.74, 6) is 0.241. The number of carbonyl (C=O) groups excluding carboxylic acids is 2. The number of imidazole rings is 1. The Morgan fingerprint density at radius 1 is 1.03 bits per heavy atom. The van der Waals surface area contributed by atoms with E-state index in [0.717, 1.165) is 40.8 Å². The van der Waals surface area contributed by atoms with Gasteiger partial charge in [-0.2, -0.15) is 5.10 Å². The van der Waals surface area contributed by atoms with E-state index >= 15 is 0 Å². The number of benzene rings is 2. The standard InChI is InChI=1S/C27H31N7O2/c1-18-11-12-23(19(2)14-18)30-27(36)32-24-17-34(16-21-8-5-4-6-9-21)25(31-24)26(35)28-13-7-10-22-15-29-33-20(22)3/h4-6,8-9,11-12,14-15,17H,7,10,13,16H2,1-3H3,(H,28,35)(H,29,33)(H2,30,32,36). The molecule has 0 aliphatic heterocycles. The van der Waals surface area contributed by atoms with Crippen molar-refractivity contribution in [2.24, 2.45) is 0 Å². The number of aromatic nitrogens is 4. The summed E-state index contributed by atoms with van der Waals surface area (Å²) < 4.78 is 1.75. The summed E-state index contributed by atoms with van der Waals surface area (Å²) in [5, 5.41) is 15.5. The molecule has 2 aromatic heterocycles. The molecule has 9 heteroatoms. The van der Waals surface area contributed by atoms with Gasteiger partial charge in [0.1, 0.15) is 0 Å². The van der Waals surface area contributed by atoms with Gasteiger partial charge in [-0.25, -0.2) is 9.78 Å². The van der Waals surface area contributed by atoms with Gasteiger partial charge in [-0.15, -0.1) is 0 Å². The van der Waals surface area contributed by atoms with Crippen molar-refractivity contribution in [3.8, 4) is 0 Å². The lowest BCUT2D eigenvalue weighted by molar-refractivity contribution is 0.0939. The Kier molecular flexibility index (Phi) is 7.79. The van der Waals surface area contributed by atoms with Gasteiger partial charge in [-0.05, 0) is 56.4 Å². The highest BCUT2D eigenvalue weighted by Crippen LogP contribution is 2.17. The van der Waals surface area contributed by atoms with Crippen LogP contribution in [-0.4, -0.2) is 38.2 Å². The van der Waals surface area contributed by atoms with E-state index in [0.29, 0.717) is 24.6 Å². The van der Waals surface area contributed by atoms with E-state index in [1.165, 1.54) is 0 Å². The van der Waals surface area contributed by atoms with Crippen LogP contribution >= 0.6 is 0 Å². The highest BCUT2D eigenvalue weighted by Gasteiger charge is 2.18. The molecule has 0 unspecified atom stereocenters. The Morgan fingerprint density at radius 3 is 2.56 bits per heavy atom. The van der Waals surface area contributed by atoms with E-state index in [-0.39, 0.29) is 11.7 Å². The molecule has 186 valence electrons. The number of urea groups is 1. The normalized spacial score (nSPS) is 10.8. The number of nitrogens with zero attached hydrogens (tertiary/aromatic N) is 3. The predicted molar refractivity (Wildman–Crippen MR) is 140 cm³/mol. The van der Waals surface area contributed by atoms with E-state index < -0.39 is 6.03 Å². The van der Waals surface area contributed by atoms with Crippen molar-refractivity contribution in [1.82, 2.24) is 25.1 Å². The Bertz CT molecular complexity index is 1340. The molecule has 0 fully saturated rings. The maximum absolute atomic E-state index is 13.0. The molecule has 0 aliphatic carbocycles. The van der Waals surface area contributed by atoms with Crippen molar-refractivity contribution in [3.63, 3.8) is 0 Å². The van der Waals surface area contributed by atoms with Gasteiger partial charge in [0.2, 0.25) is 5.82 Å². The lowest BCUT2D eigenvalue weighted by atomic mass is 10.1. The molecule has 0 saturated heterocycles. The number of nitrogens with one attached hydrogen (secondary N) is 4. The molecule has 0 radical (unpaired) electrons. The molecule has 2 heterocycles. The lowest BCUT2D eigenvalue weighted by Gasteiger charge is -2.09. The van der Waals surface area contributed by atoms with Crippen molar-refractivity contribution in [1.29, 1.82) is 0 Å². The highest BCUT2D eigenvalue weighted by atomic mass is 16.2. The summed E-state index contributed by atoms with van der Waals surface area (Å²) in [5.41, 5.74) is 5.99. The SMILES string of the molecule is Cc1ccc(NC(=O)Nc2cn(Cc3ccccc3)c(C(=O)NCCCc3cn[nH]c3C)n2)c(C)c1. The van der Waals surface area contributed by atoms with Gasteiger partial charge in [0.05, 0.1) is 6.20 Å². The summed E-state index contributed by atoms with van der Waals surface area (Å²) in [4.78, 5) is 30.1. The highest BCUT2D eigenvalue weighted by molar-refractivity contribution is 6.00. The molecular weight excluding hydrogens is 454 g/mol. The summed E-state index contributed by atoms with van der Waals surface area (Å²) in [6.45, 7) is 6.86. The van der Waals surface area contributed by atoms with E-state index in [1.807, 2.05) is 75.5 Å². The predicted octanol–water partition coefficient (Wildman–Crippen LogP) is 4.59. The second-order valence-electron chi connectivity index (χ2n) is 8.84. The Balaban J connectivity index is 1.44. The van der Waals surface area contributed by atoms with Crippen molar-refractivity contribution in [3.05, 3.63) is 94.7 Å². The summed E-state index contributed by atoms with van der Waals surface area (Å²) >= 11 is 0. The second kappa shape index (κ2) is 11.4. The fourth-order valence-corrected chi connectivity index (χ4v) is 3.97. The monoisotopic (exact) mass is 485 g/mol. The van der Waals surface area contributed by atoms with Crippen LogP contribution < -0.4 is 16.0 Å². The van der Waals surface area contributed by atoms with Gasteiger partial charge >= 0.3 is 6.03 Å². The molecule has 0 spiro atoms. The number of aryl methyl sites for hydroxylation is 4. The summed E-state index contributed by atoms with van der Waals surface area (Å²) in [7, 11) is 0. The van der Waals surface area contributed by atoms with Crippen LogP contribution in [0.4, 0.5) is 16.3 Å². The minimum absolute atomic E-state index is 0.236. The van der Waals surface area contributed by atoms with Crippen LogP contribution in [0.25, 0.3) is 0 Å². The van der Waals surface area contributed by atoms with Crippen LogP contribution in [0.15, 0.2) is 60.9 Å². The molecule has 4 N–H and O–H groups in total. The van der Waals surface area contributed by atoms with E-state index in [1.54, 1.807) is 10.8 Å². The molecule has 0 saturated carbocycles. The zero-order valence-corrected chi connectivity index (χ0v) is 20.8. The number of hydrogen-bond donors (Lipinski definition) is 4. The molecular formula is C27H31N7O2. The van der Waals surface area contributed by atoms with Crippen molar-refractivity contribution >= 4 is 23.4 Å². The van der Waals surface area contributed by atoms with Crippen LogP contribution in [0.5, 0.6) is 0 Å². The molecule has 0 atom stereocenters. The first kappa shape index (κ1) is 24.7. The molecule has 4 rings (SSSR count). The first-order valence-electron chi connectivity index (χ1n) is 11.9. The molecule has 9 nitrogen and oxygen atoms in total. The van der Waals surface area contributed by atoms with Crippen LogP contribution in [-0.2, 0) is 13.0 Å². The van der Waals surface area contributed by atoms with Crippen molar-refractivity contribution < 1.29 is 9.59 Å². The smallest absolute Gasteiger partial charge is 0.324 e. The van der Waals surface area contributed by atoms with Crippen LogP contribution in [0, 0.1) is 20.8 Å². The lowest BCUT2D eigenvalue weighted by Crippen LogP contribution is -2.28. The topological polar surface area (TPSA) is 117 Å². The van der Waals surface area contributed by atoms with Crippen LogP contribution in [0.3, 0.4) is 0 Å². The number of H-pyrrole nitrogens is 1. The minimum atomic E-state index is -0.422. The first-order chi connectivity index (χ1) is 17.4. The van der Waals surface area contributed by atoms with Gasteiger partial charge in [-0.1, -0.05) is 48.0 Å². The Labute approximate surface area is 210 Å². The van der Waals surface area contributed by atoms with Gasteiger partial charge in [0.15, 0.2) is 5.82 Å². The number of anilines is 2. The fourth-order valence-electron chi connectivity index (χ4n) is 3.97. The minimum Gasteiger partial charge on any atom is -0.349 e.